The van der Waals surface area contributed by atoms with Crippen molar-refractivity contribution in [3.8, 4) is 28.7 Å². The molecule has 0 saturated carbocycles. The van der Waals surface area contributed by atoms with Crippen molar-refractivity contribution in [3.63, 3.8) is 0 Å². The van der Waals surface area contributed by atoms with Gasteiger partial charge in [0.05, 0.1) is 48.0 Å². The fourth-order valence-electron chi connectivity index (χ4n) is 4.32. The molecule has 2 amide bonds. The summed E-state index contributed by atoms with van der Waals surface area (Å²) in [5.74, 6) is -0.230. The highest BCUT2D eigenvalue weighted by atomic mass is 32.1. The van der Waals surface area contributed by atoms with E-state index in [1.54, 1.807) is 36.1 Å². The van der Waals surface area contributed by atoms with Crippen LogP contribution >= 0.6 is 11.3 Å². The predicted molar refractivity (Wildman–Crippen MR) is 142 cm³/mol. The number of aromatic nitrogens is 2. The standard InChI is InChI=1S/C28H21F2N5O4S/c1-15-9-19(20-10-16(11-31)3-8-23(20)38-2)21(12-32-15)25(36)34-28-33-22-13-35(14-24(22)40-28)26(37)17-4-6-18(7-5-17)39-27(29)30/h3-10,12,27H,13-14H2,1-2H3,(H,33,34,36). The van der Waals surface area contributed by atoms with E-state index < -0.39 is 12.5 Å². The summed E-state index contributed by atoms with van der Waals surface area (Å²) in [5.41, 5.74) is 3.53. The van der Waals surface area contributed by atoms with Gasteiger partial charge >= 0.3 is 6.61 Å². The number of amides is 2. The molecule has 0 radical (unpaired) electrons. The number of ether oxygens (including phenoxy) is 2. The molecular formula is C28H21F2N5O4S. The first-order valence-corrected chi connectivity index (χ1v) is 12.8. The van der Waals surface area contributed by atoms with Crippen LogP contribution in [0.15, 0.2) is 54.7 Å². The van der Waals surface area contributed by atoms with Crippen LogP contribution in [0.3, 0.4) is 0 Å². The van der Waals surface area contributed by atoms with Crippen molar-refractivity contribution >= 4 is 28.3 Å². The highest BCUT2D eigenvalue weighted by Gasteiger charge is 2.29. The third-order valence-corrected chi connectivity index (χ3v) is 7.19. The van der Waals surface area contributed by atoms with Crippen LogP contribution in [0.25, 0.3) is 11.1 Å². The number of carbonyl (C=O) groups is 2. The molecule has 40 heavy (non-hydrogen) atoms. The number of methoxy groups -OCH3 is 1. The molecule has 0 bridgehead atoms. The van der Waals surface area contributed by atoms with Crippen molar-refractivity contribution in [2.75, 3.05) is 12.4 Å². The number of rotatable bonds is 7. The first kappa shape index (κ1) is 26.7. The summed E-state index contributed by atoms with van der Waals surface area (Å²) >= 11 is 1.26. The predicted octanol–water partition coefficient (Wildman–Crippen LogP) is 5.40. The number of fused-ring (bicyclic) bond motifs is 1. The Morgan fingerprint density at radius 1 is 1.12 bits per heavy atom. The number of nitriles is 1. The maximum Gasteiger partial charge on any atom is 0.387 e. The largest absolute Gasteiger partial charge is 0.496 e. The summed E-state index contributed by atoms with van der Waals surface area (Å²) in [6.07, 6.45) is 1.47. The van der Waals surface area contributed by atoms with E-state index in [4.69, 9.17) is 4.74 Å². The Morgan fingerprint density at radius 3 is 2.58 bits per heavy atom. The van der Waals surface area contributed by atoms with Gasteiger partial charge in [0.2, 0.25) is 0 Å². The fraction of sp³-hybridized carbons (Fsp3) is 0.179. The van der Waals surface area contributed by atoms with Crippen molar-refractivity contribution < 1.29 is 27.8 Å². The number of carbonyl (C=O) groups excluding carboxylic acids is 2. The van der Waals surface area contributed by atoms with Gasteiger partial charge in [0.1, 0.15) is 11.5 Å². The molecule has 9 nitrogen and oxygen atoms in total. The van der Waals surface area contributed by atoms with Crippen molar-refractivity contribution in [1.82, 2.24) is 14.9 Å². The maximum absolute atomic E-state index is 13.3. The molecule has 1 aliphatic rings. The number of benzene rings is 2. The zero-order valence-corrected chi connectivity index (χ0v) is 22.1. The molecule has 0 aliphatic carbocycles. The lowest BCUT2D eigenvalue weighted by Crippen LogP contribution is -2.25. The first-order chi connectivity index (χ1) is 19.2. The van der Waals surface area contributed by atoms with Crippen LogP contribution in [0.5, 0.6) is 11.5 Å². The number of anilines is 1. The van der Waals surface area contributed by atoms with E-state index in [0.29, 0.717) is 51.1 Å². The number of alkyl halides is 2. The van der Waals surface area contributed by atoms with Gasteiger partial charge in [0, 0.05) is 28.6 Å². The van der Waals surface area contributed by atoms with Gasteiger partial charge in [-0.15, -0.1) is 0 Å². The minimum Gasteiger partial charge on any atom is -0.496 e. The molecule has 0 spiro atoms. The van der Waals surface area contributed by atoms with Gasteiger partial charge in [-0.05, 0) is 55.5 Å². The minimum absolute atomic E-state index is 0.0303. The molecule has 0 unspecified atom stereocenters. The Morgan fingerprint density at radius 2 is 1.90 bits per heavy atom. The van der Waals surface area contributed by atoms with E-state index in [-0.39, 0.29) is 23.8 Å². The molecule has 0 atom stereocenters. The lowest BCUT2D eigenvalue weighted by atomic mass is 9.97. The average molecular weight is 562 g/mol. The molecule has 2 aromatic carbocycles. The number of thiazole rings is 1. The van der Waals surface area contributed by atoms with Crippen molar-refractivity contribution in [3.05, 3.63) is 87.7 Å². The second-order valence-electron chi connectivity index (χ2n) is 8.81. The number of halogens is 2. The van der Waals surface area contributed by atoms with E-state index >= 15 is 0 Å². The molecule has 3 heterocycles. The minimum atomic E-state index is -2.94. The van der Waals surface area contributed by atoms with Crippen molar-refractivity contribution in [2.24, 2.45) is 0 Å². The Bertz CT molecular complexity index is 1630. The van der Waals surface area contributed by atoms with E-state index in [2.05, 4.69) is 26.1 Å². The van der Waals surface area contributed by atoms with Crippen LogP contribution in [0.4, 0.5) is 13.9 Å². The molecule has 4 aromatic rings. The second-order valence-corrected chi connectivity index (χ2v) is 9.89. The lowest BCUT2D eigenvalue weighted by molar-refractivity contribution is -0.0498. The molecule has 0 saturated heterocycles. The quantitative estimate of drug-likeness (QED) is 0.321. The van der Waals surface area contributed by atoms with Gasteiger partial charge in [-0.1, -0.05) is 11.3 Å². The third kappa shape index (κ3) is 5.45. The Hall–Kier alpha value is -4.89. The number of hydrogen-bond acceptors (Lipinski definition) is 8. The van der Waals surface area contributed by atoms with Gasteiger partial charge in [0.25, 0.3) is 11.8 Å². The van der Waals surface area contributed by atoms with Gasteiger partial charge in [-0.2, -0.15) is 14.0 Å². The summed E-state index contributed by atoms with van der Waals surface area (Å²) in [6.45, 7) is -0.601. The summed E-state index contributed by atoms with van der Waals surface area (Å²) < 4.78 is 34.5. The molecule has 12 heteroatoms. The van der Waals surface area contributed by atoms with Gasteiger partial charge in [0.15, 0.2) is 5.13 Å². The van der Waals surface area contributed by atoms with Crippen LogP contribution in [0.1, 0.15) is 42.5 Å². The van der Waals surface area contributed by atoms with E-state index in [9.17, 15) is 23.6 Å². The molecule has 5 rings (SSSR count). The highest BCUT2D eigenvalue weighted by Crippen LogP contribution is 2.35. The SMILES string of the molecule is COc1ccc(C#N)cc1-c1cc(C)ncc1C(=O)Nc1nc2c(s1)CN(C(=O)c1ccc(OC(F)F)cc1)C2. The summed E-state index contributed by atoms with van der Waals surface area (Å²) in [5, 5.41) is 12.6. The fourth-order valence-corrected chi connectivity index (χ4v) is 5.30. The van der Waals surface area contributed by atoms with Crippen molar-refractivity contribution in [2.45, 2.75) is 26.6 Å². The maximum atomic E-state index is 13.3. The van der Waals surface area contributed by atoms with Crippen LogP contribution in [-0.4, -0.2) is 40.4 Å². The molecule has 1 aliphatic heterocycles. The molecule has 0 fully saturated rings. The lowest BCUT2D eigenvalue weighted by Gasteiger charge is -2.16. The van der Waals surface area contributed by atoms with E-state index in [1.807, 2.05) is 0 Å². The number of nitrogens with one attached hydrogen (secondary N) is 1. The molecule has 1 N–H and O–H groups in total. The van der Waals surface area contributed by atoms with Crippen LogP contribution < -0.4 is 14.8 Å². The number of nitrogens with zero attached hydrogens (tertiary/aromatic N) is 4. The topological polar surface area (TPSA) is 117 Å². The Balaban J connectivity index is 1.32. The summed E-state index contributed by atoms with van der Waals surface area (Å²) in [6, 6.07) is 14.3. The van der Waals surface area contributed by atoms with Gasteiger partial charge in [-0.3, -0.25) is 19.9 Å². The monoisotopic (exact) mass is 561 g/mol. The zero-order valence-electron chi connectivity index (χ0n) is 21.3. The van der Waals surface area contributed by atoms with Crippen molar-refractivity contribution in [1.29, 1.82) is 5.26 Å². The van der Waals surface area contributed by atoms with Crippen LogP contribution in [0, 0.1) is 18.3 Å². The number of aryl methyl sites for hydroxylation is 1. The average Bonchev–Trinajstić information content (AvgIpc) is 3.51. The zero-order chi connectivity index (χ0) is 28.4. The van der Waals surface area contributed by atoms with Crippen LogP contribution in [-0.2, 0) is 13.1 Å². The normalized spacial score (nSPS) is 12.2. The highest BCUT2D eigenvalue weighted by molar-refractivity contribution is 7.16. The summed E-state index contributed by atoms with van der Waals surface area (Å²) in [4.78, 5) is 37.4. The Labute approximate surface area is 231 Å². The number of pyridine rings is 1. The van der Waals surface area contributed by atoms with E-state index in [1.165, 1.54) is 48.9 Å². The Kier molecular flexibility index (Phi) is 7.39. The van der Waals surface area contributed by atoms with E-state index in [0.717, 1.165) is 4.88 Å². The van der Waals surface area contributed by atoms with Crippen LogP contribution in [0.2, 0.25) is 0 Å². The smallest absolute Gasteiger partial charge is 0.387 e. The molecule has 202 valence electrons. The van der Waals surface area contributed by atoms with Gasteiger partial charge < -0.3 is 14.4 Å². The summed E-state index contributed by atoms with van der Waals surface area (Å²) in [7, 11) is 1.51. The first-order valence-electron chi connectivity index (χ1n) is 11.9. The third-order valence-electron chi connectivity index (χ3n) is 6.19. The van der Waals surface area contributed by atoms with Gasteiger partial charge in [-0.25, -0.2) is 4.98 Å². The number of hydrogen-bond donors (Lipinski definition) is 1. The second kappa shape index (κ2) is 11.1. The molecule has 2 aromatic heterocycles. The molecular weight excluding hydrogens is 540 g/mol.